The molecule has 0 spiro atoms. The first kappa shape index (κ1) is 15.2. The van der Waals surface area contributed by atoms with Crippen LogP contribution in [0, 0.1) is 24.0 Å². The second kappa shape index (κ2) is 6.50. The predicted octanol–water partition coefficient (Wildman–Crippen LogP) is 3.71. The van der Waals surface area contributed by atoms with Crippen molar-refractivity contribution in [2.45, 2.75) is 26.3 Å². The van der Waals surface area contributed by atoms with Crippen molar-refractivity contribution in [3.8, 4) is 0 Å². The summed E-state index contributed by atoms with van der Waals surface area (Å²) in [4.78, 5) is 10.8. The number of aryl methyl sites for hydroxylation is 1. The molecule has 0 fully saturated rings. The average Bonchev–Trinajstić information content (AvgIpc) is 2.48. The van der Waals surface area contributed by atoms with Crippen molar-refractivity contribution in [2.75, 3.05) is 7.05 Å². The Morgan fingerprint density at radius 1 is 1.14 bits per heavy atom. The summed E-state index contributed by atoms with van der Waals surface area (Å²) < 4.78 is 0. The summed E-state index contributed by atoms with van der Waals surface area (Å²) in [5, 5.41) is 14.4. The zero-order valence-electron chi connectivity index (χ0n) is 12.6. The molecule has 4 nitrogen and oxygen atoms in total. The molecular formula is C17H20N2O2. The number of hydrogen-bond donors (Lipinski definition) is 1. The highest BCUT2D eigenvalue weighted by molar-refractivity contribution is 5.42. The zero-order chi connectivity index (χ0) is 15.4. The molecule has 0 amide bonds. The van der Waals surface area contributed by atoms with Gasteiger partial charge in [0.25, 0.3) is 5.69 Å². The maximum Gasteiger partial charge on any atom is 0.272 e. The van der Waals surface area contributed by atoms with E-state index in [1.807, 2.05) is 25.2 Å². The minimum Gasteiger partial charge on any atom is -0.313 e. The quantitative estimate of drug-likeness (QED) is 0.672. The molecule has 0 aliphatic rings. The molecule has 110 valence electrons. The topological polar surface area (TPSA) is 55.2 Å². The van der Waals surface area contributed by atoms with E-state index in [0.717, 1.165) is 5.56 Å². The van der Waals surface area contributed by atoms with E-state index >= 15 is 0 Å². The van der Waals surface area contributed by atoms with Gasteiger partial charge in [-0.1, -0.05) is 36.4 Å². The zero-order valence-corrected chi connectivity index (χ0v) is 12.6. The summed E-state index contributed by atoms with van der Waals surface area (Å²) in [5.74, 6) is 0. The van der Waals surface area contributed by atoms with Crippen molar-refractivity contribution < 1.29 is 4.92 Å². The predicted molar refractivity (Wildman–Crippen MR) is 84.5 cm³/mol. The van der Waals surface area contributed by atoms with Gasteiger partial charge < -0.3 is 5.32 Å². The minimum atomic E-state index is -0.314. The molecule has 1 atom stereocenters. The molecule has 0 aromatic heterocycles. The van der Waals surface area contributed by atoms with Gasteiger partial charge in [-0.3, -0.25) is 10.1 Å². The van der Waals surface area contributed by atoms with Crippen molar-refractivity contribution in [1.82, 2.24) is 5.32 Å². The van der Waals surface area contributed by atoms with Gasteiger partial charge in [0.1, 0.15) is 0 Å². The average molecular weight is 284 g/mol. The first-order valence-corrected chi connectivity index (χ1v) is 7.00. The van der Waals surface area contributed by atoms with Crippen LogP contribution in [0.5, 0.6) is 0 Å². The normalized spacial score (nSPS) is 12.1. The van der Waals surface area contributed by atoms with Crippen LogP contribution in [0.4, 0.5) is 5.69 Å². The summed E-state index contributed by atoms with van der Waals surface area (Å²) >= 11 is 0. The lowest BCUT2D eigenvalue weighted by atomic mass is 9.92. The smallest absolute Gasteiger partial charge is 0.272 e. The Hall–Kier alpha value is -2.20. The molecule has 21 heavy (non-hydrogen) atoms. The van der Waals surface area contributed by atoms with E-state index in [2.05, 4.69) is 31.3 Å². The third-order valence-corrected chi connectivity index (χ3v) is 3.98. The number of benzene rings is 2. The van der Waals surface area contributed by atoms with Gasteiger partial charge in [-0.15, -0.1) is 0 Å². The van der Waals surface area contributed by atoms with E-state index in [1.165, 1.54) is 16.7 Å². The number of nitro groups is 1. The van der Waals surface area contributed by atoms with Gasteiger partial charge in [-0.2, -0.15) is 0 Å². The number of nitrogens with zero attached hydrogens (tertiary/aromatic N) is 1. The largest absolute Gasteiger partial charge is 0.313 e. The maximum atomic E-state index is 11.1. The van der Waals surface area contributed by atoms with Crippen molar-refractivity contribution >= 4 is 5.69 Å². The van der Waals surface area contributed by atoms with E-state index in [4.69, 9.17) is 0 Å². The fourth-order valence-corrected chi connectivity index (χ4v) is 2.60. The molecule has 2 rings (SSSR count). The number of nitrogens with one attached hydrogen (secondary N) is 1. The molecule has 2 aromatic rings. The lowest BCUT2D eigenvalue weighted by Crippen LogP contribution is -2.20. The summed E-state index contributed by atoms with van der Waals surface area (Å²) in [6.07, 6.45) is 0.595. The van der Waals surface area contributed by atoms with Crippen LogP contribution >= 0.6 is 0 Å². The highest BCUT2D eigenvalue weighted by Crippen LogP contribution is 2.27. The van der Waals surface area contributed by atoms with Gasteiger partial charge in [0, 0.05) is 17.7 Å². The third-order valence-electron chi connectivity index (χ3n) is 3.98. The SMILES string of the molecule is CNC(Cc1ccccc1[N+](=O)[O-])c1cccc(C)c1C. The van der Waals surface area contributed by atoms with E-state index in [1.54, 1.807) is 12.1 Å². The number of para-hydroxylation sites is 1. The number of likely N-dealkylation sites (N-methyl/N-ethyl adjacent to an activating group) is 1. The lowest BCUT2D eigenvalue weighted by molar-refractivity contribution is -0.385. The number of rotatable bonds is 5. The van der Waals surface area contributed by atoms with Crippen LogP contribution in [0.3, 0.4) is 0 Å². The van der Waals surface area contributed by atoms with Gasteiger partial charge in [0.2, 0.25) is 0 Å². The third kappa shape index (κ3) is 3.28. The minimum absolute atomic E-state index is 0.0611. The second-order valence-electron chi connectivity index (χ2n) is 5.22. The summed E-state index contributed by atoms with van der Waals surface area (Å²) in [7, 11) is 1.89. The molecule has 0 saturated carbocycles. The standard InChI is InChI=1S/C17H20N2O2/c1-12-7-6-9-15(13(12)2)16(18-3)11-14-8-4-5-10-17(14)19(20)21/h4-10,16,18H,11H2,1-3H3. The summed E-state index contributed by atoms with van der Waals surface area (Å²) in [6.45, 7) is 4.17. The summed E-state index contributed by atoms with van der Waals surface area (Å²) in [6, 6.07) is 13.2. The Morgan fingerprint density at radius 2 is 1.86 bits per heavy atom. The monoisotopic (exact) mass is 284 g/mol. The van der Waals surface area contributed by atoms with E-state index in [-0.39, 0.29) is 16.7 Å². The van der Waals surface area contributed by atoms with Crippen molar-refractivity contribution in [3.05, 3.63) is 74.8 Å². The first-order chi connectivity index (χ1) is 10.0. The van der Waals surface area contributed by atoms with Crippen molar-refractivity contribution in [3.63, 3.8) is 0 Å². The molecule has 0 aliphatic heterocycles. The Kier molecular flexibility index (Phi) is 4.70. The van der Waals surface area contributed by atoms with Gasteiger partial charge in [0.05, 0.1) is 4.92 Å². The van der Waals surface area contributed by atoms with Crippen LogP contribution in [-0.2, 0) is 6.42 Å². The Bertz CT molecular complexity index is 653. The van der Waals surface area contributed by atoms with Gasteiger partial charge in [-0.05, 0) is 44.0 Å². The first-order valence-electron chi connectivity index (χ1n) is 7.00. The van der Waals surface area contributed by atoms with Crippen molar-refractivity contribution in [1.29, 1.82) is 0 Å². The molecule has 2 aromatic carbocycles. The molecule has 0 radical (unpaired) electrons. The molecule has 4 heteroatoms. The van der Waals surface area contributed by atoms with Crippen LogP contribution in [0.2, 0.25) is 0 Å². The Morgan fingerprint density at radius 3 is 2.52 bits per heavy atom. The molecule has 0 bridgehead atoms. The number of nitro benzene ring substituents is 1. The lowest BCUT2D eigenvalue weighted by Gasteiger charge is -2.20. The molecule has 1 unspecified atom stereocenters. The highest BCUT2D eigenvalue weighted by atomic mass is 16.6. The van der Waals surface area contributed by atoms with Gasteiger partial charge in [0.15, 0.2) is 0 Å². The van der Waals surface area contributed by atoms with Gasteiger partial charge in [-0.25, -0.2) is 0 Å². The van der Waals surface area contributed by atoms with E-state index in [0.29, 0.717) is 6.42 Å². The van der Waals surface area contributed by atoms with Gasteiger partial charge >= 0.3 is 0 Å². The van der Waals surface area contributed by atoms with E-state index in [9.17, 15) is 10.1 Å². The number of hydrogen-bond acceptors (Lipinski definition) is 3. The fraction of sp³-hybridized carbons (Fsp3) is 0.294. The fourth-order valence-electron chi connectivity index (χ4n) is 2.60. The maximum absolute atomic E-state index is 11.1. The molecular weight excluding hydrogens is 264 g/mol. The van der Waals surface area contributed by atoms with Crippen LogP contribution in [0.25, 0.3) is 0 Å². The molecule has 1 N–H and O–H groups in total. The highest BCUT2D eigenvalue weighted by Gasteiger charge is 2.19. The molecule has 0 aliphatic carbocycles. The second-order valence-corrected chi connectivity index (χ2v) is 5.22. The van der Waals surface area contributed by atoms with Crippen molar-refractivity contribution in [2.24, 2.45) is 0 Å². The van der Waals surface area contributed by atoms with Crippen LogP contribution < -0.4 is 5.32 Å². The van der Waals surface area contributed by atoms with Crippen LogP contribution in [0.1, 0.15) is 28.3 Å². The van der Waals surface area contributed by atoms with Crippen LogP contribution in [-0.4, -0.2) is 12.0 Å². The Balaban J connectivity index is 2.36. The molecule has 0 heterocycles. The summed E-state index contributed by atoms with van der Waals surface area (Å²) in [5.41, 5.74) is 4.59. The Labute approximate surface area is 125 Å². The van der Waals surface area contributed by atoms with Crippen LogP contribution in [0.15, 0.2) is 42.5 Å². The van der Waals surface area contributed by atoms with E-state index < -0.39 is 0 Å². The molecule has 0 saturated heterocycles.